The molecule has 0 aliphatic carbocycles. The second-order valence-corrected chi connectivity index (χ2v) is 8.04. The van der Waals surface area contributed by atoms with Gasteiger partial charge < -0.3 is 4.57 Å². The largest absolute Gasteiger partial charge is 0.337 e. The molecule has 0 unspecified atom stereocenters. The molecule has 1 fully saturated rings. The monoisotopic (exact) mass is 351 g/mol. The zero-order valence-corrected chi connectivity index (χ0v) is 14.6. The van der Waals surface area contributed by atoms with E-state index in [1.165, 1.54) is 22.9 Å². The average molecular weight is 351 g/mol. The first-order chi connectivity index (χ1) is 11.4. The van der Waals surface area contributed by atoms with Gasteiger partial charge in [0.2, 0.25) is 0 Å². The lowest BCUT2D eigenvalue weighted by Crippen LogP contribution is -2.40. The van der Waals surface area contributed by atoms with Crippen molar-refractivity contribution in [1.29, 1.82) is 0 Å². The van der Waals surface area contributed by atoms with Crippen LogP contribution in [-0.4, -0.2) is 44.9 Å². The molecule has 0 spiro atoms. The molecule has 2 aromatic heterocycles. The summed E-state index contributed by atoms with van der Waals surface area (Å²) in [6, 6.07) is 1.43. The fourth-order valence-corrected chi connectivity index (χ4v) is 4.40. The van der Waals surface area contributed by atoms with E-state index in [0.29, 0.717) is 38.3 Å². The molecular weight excluding hydrogens is 330 g/mol. The first kappa shape index (κ1) is 16.8. The molecule has 24 heavy (non-hydrogen) atoms. The van der Waals surface area contributed by atoms with Crippen LogP contribution in [0.3, 0.4) is 0 Å². The number of hydrogen-bond donors (Lipinski definition) is 0. The minimum Gasteiger partial charge on any atom is -0.337 e. The molecule has 0 bridgehead atoms. The fraction of sp³-hybridized carbons (Fsp3) is 0.533. The highest BCUT2D eigenvalue weighted by molar-refractivity contribution is 7.89. The lowest BCUT2D eigenvalue weighted by molar-refractivity contribution is 0.250. The molecule has 1 aliphatic heterocycles. The van der Waals surface area contributed by atoms with Gasteiger partial charge in [-0.05, 0) is 25.7 Å². The lowest BCUT2D eigenvalue weighted by atomic mass is 9.98. The first-order valence-corrected chi connectivity index (χ1v) is 9.32. The van der Waals surface area contributed by atoms with E-state index in [1.54, 1.807) is 29.3 Å². The van der Waals surface area contributed by atoms with E-state index in [9.17, 15) is 13.2 Å². The summed E-state index contributed by atoms with van der Waals surface area (Å²) in [4.78, 5) is 19.8. The van der Waals surface area contributed by atoms with E-state index in [1.807, 2.05) is 0 Å². The lowest BCUT2D eigenvalue weighted by Gasteiger charge is -2.30. The Morgan fingerprint density at radius 1 is 1.29 bits per heavy atom. The zero-order valence-electron chi connectivity index (χ0n) is 13.8. The molecule has 8 nitrogen and oxygen atoms in total. The van der Waals surface area contributed by atoms with Gasteiger partial charge in [-0.15, -0.1) is 0 Å². The molecule has 1 aliphatic rings. The van der Waals surface area contributed by atoms with Crippen molar-refractivity contribution in [2.75, 3.05) is 13.1 Å². The molecular formula is C15H21N5O3S. The Hall–Kier alpha value is -2.00. The third kappa shape index (κ3) is 3.27. The molecule has 0 aromatic carbocycles. The number of nitrogens with zero attached hydrogens (tertiary/aromatic N) is 5. The van der Waals surface area contributed by atoms with Crippen molar-refractivity contribution in [3.05, 3.63) is 41.0 Å². The van der Waals surface area contributed by atoms with E-state index in [-0.39, 0.29) is 16.5 Å². The molecule has 0 amide bonds. The maximum atomic E-state index is 12.7. The summed E-state index contributed by atoms with van der Waals surface area (Å²) >= 11 is 0. The van der Waals surface area contributed by atoms with Gasteiger partial charge in [-0.25, -0.2) is 18.4 Å². The maximum Gasteiger partial charge on any atom is 0.262 e. The van der Waals surface area contributed by atoms with Crippen molar-refractivity contribution in [2.24, 2.45) is 13.0 Å². The van der Waals surface area contributed by atoms with Gasteiger partial charge in [0.05, 0.1) is 6.33 Å². The van der Waals surface area contributed by atoms with Gasteiger partial charge in [0.25, 0.3) is 15.6 Å². The number of hydrogen-bond acceptors (Lipinski definition) is 5. The quantitative estimate of drug-likeness (QED) is 0.795. The van der Waals surface area contributed by atoms with E-state index < -0.39 is 10.0 Å². The van der Waals surface area contributed by atoms with Crippen LogP contribution in [0.4, 0.5) is 0 Å². The smallest absolute Gasteiger partial charge is 0.262 e. The third-order valence-corrected chi connectivity index (χ3v) is 6.28. The molecule has 130 valence electrons. The topological polar surface area (TPSA) is 90.1 Å². The van der Waals surface area contributed by atoms with Gasteiger partial charge >= 0.3 is 0 Å². The number of aromatic nitrogens is 4. The van der Waals surface area contributed by atoms with Crippen LogP contribution in [0.2, 0.25) is 0 Å². The summed E-state index contributed by atoms with van der Waals surface area (Å²) in [6.07, 6.45) is 5.98. The van der Waals surface area contributed by atoms with Crippen molar-refractivity contribution in [2.45, 2.75) is 31.3 Å². The second kappa shape index (κ2) is 6.48. The van der Waals surface area contributed by atoms with E-state index in [0.717, 1.165) is 0 Å². The SMILES string of the molecule is Cc1nc(S(=O)(=O)N2CCC(Cn3cnccc3=O)CC2)cn1C. The molecule has 0 saturated carbocycles. The number of imidazole rings is 1. The van der Waals surface area contributed by atoms with Crippen LogP contribution in [0.25, 0.3) is 0 Å². The Morgan fingerprint density at radius 2 is 2.00 bits per heavy atom. The first-order valence-electron chi connectivity index (χ1n) is 7.88. The summed E-state index contributed by atoms with van der Waals surface area (Å²) < 4.78 is 30.1. The van der Waals surface area contributed by atoms with Gasteiger partial charge in [-0.2, -0.15) is 4.31 Å². The molecule has 3 rings (SSSR count). The van der Waals surface area contributed by atoms with Crippen molar-refractivity contribution in [3.8, 4) is 0 Å². The Kier molecular flexibility index (Phi) is 4.55. The molecule has 0 radical (unpaired) electrons. The van der Waals surface area contributed by atoms with Crippen LogP contribution in [0, 0.1) is 12.8 Å². The van der Waals surface area contributed by atoms with Crippen molar-refractivity contribution < 1.29 is 8.42 Å². The summed E-state index contributed by atoms with van der Waals surface area (Å²) in [5.74, 6) is 0.934. The highest BCUT2D eigenvalue weighted by Gasteiger charge is 2.31. The standard InChI is InChI=1S/C15H21N5O3S/c1-12-17-14(10-18(12)2)24(22,23)20-7-4-13(5-8-20)9-19-11-16-6-3-15(19)21/h3,6,10-11,13H,4-5,7-9H2,1-2H3. The van der Waals surface area contributed by atoms with Gasteiger partial charge in [-0.3, -0.25) is 9.36 Å². The summed E-state index contributed by atoms with van der Waals surface area (Å²) in [6.45, 7) is 3.23. The van der Waals surface area contributed by atoms with E-state index >= 15 is 0 Å². The Balaban J connectivity index is 1.66. The van der Waals surface area contributed by atoms with Gasteiger partial charge in [0, 0.05) is 45.1 Å². The van der Waals surface area contributed by atoms with Crippen molar-refractivity contribution in [3.63, 3.8) is 0 Å². The van der Waals surface area contributed by atoms with Crippen LogP contribution in [-0.2, 0) is 23.6 Å². The molecule has 1 saturated heterocycles. The van der Waals surface area contributed by atoms with Gasteiger partial charge in [0.15, 0.2) is 5.03 Å². The number of aryl methyl sites for hydroxylation is 2. The van der Waals surface area contributed by atoms with Crippen LogP contribution in [0.15, 0.2) is 34.6 Å². The predicted octanol–water partition coefficient (Wildman–Crippen LogP) is 0.386. The molecule has 9 heteroatoms. The zero-order chi connectivity index (χ0) is 17.3. The average Bonchev–Trinajstić information content (AvgIpc) is 2.90. The molecule has 0 atom stereocenters. The highest BCUT2D eigenvalue weighted by Crippen LogP contribution is 2.24. The van der Waals surface area contributed by atoms with E-state index in [4.69, 9.17) is 0 Å². The Morgan fingerprint density at radius 3 is 2.58 bits per heavy atom. The molecule has 0 N–H and O–H groups in total. The minimum atomic E-state index is -3.55. The van der Waals surface area contributed by atoms with Crippen LogP contribution in [0.5, 0.6) is 0 Å². The normalized spacial score (nSPS) is 17.2. The number of sulfonamides is 1. The van der Waals surface area contributed by atoms with Crippen molar-refractivity contribution in [1.82, 2.24) is 23.4 Å². The number of piperidine rings is 1. The Bertz CT molecular complexity index is 859. The molecule has 3 heterocycles. The summed E-state index contributed by atoms with van der Waals surface area (Å²) in [5.41, 5.74) is -0.0796. The maximum absolute atomic E-state index is 12.7. The van der Waals surface area contributed by atoms with Crippen LogP contribution < -0.4 is 5.56 Å². The highest BCUT2D eigenvalue weighted by atomic mass is 32.2. The van der Waals surface area contributed by atoms with Crippen LogP contribution >= 0.6 is 0 Å². The second-order valence-electron chi connectivity index (χ2n) is 6.16. The van der Waals surface area contributed by atoms with Crippen LogP contribution in [0.1, 0.15) is 18.7 Å². The third-order valence-electron chi connectivity index (χ3n) is 4.51. The summed E-state index contributed by atoms with van der Waals surface area (Å²) in [5, 5.41) is 0.101. The minimum absolute atomic E-state index is 0.0796. The Labute approximate surface area is 140 Å². The van der Waals surface area contributed by atoms with Gasteiger partial charge in [-0.1, -0.05) is 0 Å². The number of rotatable bonds is 4. The summed E-state index contributed by atoms with van der Waals surface area (Å²) in [7, 11) is -1.77. The van der Waals surface area contributed by atoms with Gasteiger partial charge in [0.1, 0.15) is 5.82 Å². The molecule has 2 aromatic rings. The fourth-order valence-electron chi connectivity index (χ4n) is 2.91. The van der Waals surface area contributed by atoms with E-state index in [2.05, 4.69) is 9.97 Å². The predicted molar refractivity (Wildman–Crippen MR) is 87.9 cm³/mol. The van der Waals surface area contributed by atoms with Crippen molar-refractivity contribution >= 4 is 10.0 Å².